The molecule has 4 heteroatoms. The number of carboxylic acid groups (broad SMARTS) is 1. The molecule has 0 aromatic carbocycles. The molecule has 82 valence electrons. The lowest BCUT2D eigenvalue weighted by molar-refractivity contribution is -0.132. The van der Waals surface area contributed by atoms with Gasteiger partial charge in [0.05, 0.1) is 0 Å². The molecule has 0 heterocycles. The zero-order chi connectivity index (χ0) is 11.0. The Morgan fingerprint density at radius 1 is 1.57 bits per heavy atom. The van der Waals surface area contributed by atoms with Gasteiger partial charge < -0.3 is 9.53 Å². The molecule has 0 aliphatic heterocycles. The van der Waals surface area contributed by atoms with Crippen LogP contribution in [0.4, 0.5) is 0 Å². The molecule has 0 radical (unpaired) electrons. The Labute approximate surface area is 88.1 Å². The van der Waals surface area contributed by atoms with Crippen LogP contribution in [0.5, 0.6) is 0 Å². The van der Waals surface area contributed by atoms with Crippen LogP contribution in [-0.2, 0) is 9.22 Å². The van der Waals surface area contributed by atoms with Crippen molar-refractivity contribution >= 4 is 15.7 Å². The molecule has 0 aromatic rings. The molecule has 0 aromatic heterocycles. The molecule has 1 atom stereocenters. The summed E-state index contributed by atoms with van der Waals surface area (Å²) in [7, 11) is 0.884. The highest BCUT2D eigenvalue weighted by Gasteiger charge is 2.18. The first-order valence-corrected chi connectivity index (χ1v) is 6.43. The molecule has 1 unspecified atom stereocenters. The van der Waals surface area contributed by atoms with Crippen molar-refractivity contribution in [3.63, 3.8) is 0 Å². The van der Waals surface area contributed by atoms with E-state index >= 15 is 0 Å². The van der Waals surface area contributed by atoms with E-state index in [-0.39, 0.29) is 5.54 Å². The lowest BCUT2D eigenvalue weighted by atomic mass is 10.1. The summed E-state index contributed by atoms with van der Waals surface area (Å²) < 4.78 is 5.12. The van der Waals surface area contributed by atoms with Crippen molar-refractivity contribution in [2.75, 3.05) is 7.11 Å². The van der Waals surface area contributed by atoms with Gasteiger partial charge in [-0.2, -0.15) is 0 Å². The van der Waals surface area contributed by atoms with Gasteiger partial charge in [-0.25, -0.2) is 4.79 Å². The van der Waals surface area contributed by atoms with Gasteiger partial charge in [0.25, 0.3) is 0 Å². The van der Waals surface area contributed by atoms with Crippen LogP contribution in [0.2, 0.25) is 5.54 Å². The van der Waals surface area contributed by atoms with Crippen LogP contribution in [0.25, 0.3) is 0 Å². The number of carboxylic acids is 1. The molecule has 3 nitrogen and oxygen atoms in total. The number of carbonyl (C=O) groups is 1. The summed E-state index contributed by atoms with van der Waals surface area (Å²) in [6.45, 7) is 5.74. The molecular formula is C10H20O3Si. The van der Waals surface area contributed by atoms with E-state index in [1.165, 1.54) is 0 Å². The van der Waals surface area contributed by atoms with Gasteiger partial charge in [0.15, 0.2) is 9.76 Å². The molecule has 0 fully saturated rings. The summed E-state index contributed by atoms with van der Waals surface area (Å²) in [6.07, 6.45) is 4.30. The molecule has 0 rings (SSSR count). The smallest absolute Gasteiger partial charge is 0.331 e. The minimum atomic E-state index is -0.879. The number of aliphatic carboxylic acids is 1. The topological polar surface area (TPSA) is 46.5 Å². The summed E-state index contributed by atoms with van der Waals surface area (Å²) in [5.41, 5.74) is 0.429. The molecule has 1 N–H and O–H groups in total. The first-order chi connectivity index (χ1) is 6.63. The van der Waals surface area contributed by atoms with Crippen molar-refractivity contribution < 1.29 is 14.3 Å². The van der Waals surface area contributed by atoms with E-state index in [2.05, 4.69) is 13.5 Å². The summed E-state index contributed by atoms with van der Waals surface area (Å²) in [5.74, 6) is -0.879. The standard InChI is InChI=1S/C10H20O3Si/c1-4-5-6-7-9(14-13-3)8(2)10(11)12/h9H,2,4-7,14H2,1,3H3,(H,11,12). The maximum atomic E-state index is 10.7. The Hall–Kier alpha value is -0.613. The maximum absolute atomic E-state index is 10.7. The number of unbranched alkanes of at least 4 members (excludes halogenated alkanes) is 2. The second kappa shape index (κ2) is 7.76. The molecular weight excluding hydrogens is 196 g/mol. The molecule has 0 saturated carbocycles. The Kier molecular flexibility index (Phi) is 7.42. The molecule has 0 bridgehead atoms. The van der Waals surface area contributed by atoms with Gasteiger partial charge in [-0.3, -0.25) is 0 Å². The SMILES string of the molecule is C=C(C(=O)O)C(CCCCC)[SiH2]OC. The van der Waals surface area contributed by atoms with E-state index in [4.69, 9.17) is 9.53 Å². The molecule has 0 saturated heterocycles. The van der Waals surface area contributed by atoms with E-state index in [9.17, 15) is 4.79 Å². The Morgan fingerprint density at radius 3 is 2.64 bits per heavy atom. The van der Waals surface area contributed by atoms with Gasteiger partial charge in [-0.1, -0.05) is 32.8 Å². The number of rotatable bonds is 8. The predicted molar refractivity (Wildman–Crippen MR) is 60.2 cm³/mol. The van der Waals surface area contributed by atoms with Crippen LogP contribution in [0.3, 0.4) is 0 Å². The van der Waals surface area contributed by atoms with E-state index in [1.54, 1.807) is 7.11 Å². The normalized spacial score (nSPS) is 13.3. The monoisotopic (exact) mass is 216 g/mol. The Bertz CT molecular complexity index is 192. The number of hydrogen-bond acceptors (Lipinski definition) is 2. The molecule has 0 amide bonds. The van der Waals surface area contributed by atoms with Crippen LogP contribution < -0.4 is 0 Å². The van der Waals surface area contributed by atoms with E-state index in [1.807, 2.05) is 0 Å². The van der Waals surface area contributed by atoms with Gasteiger partial charge in [0, 0.05) is 18.2 Å². The Morgan fingerprint density at radius 2 is 2.21 bits per heavy atom. The third-order valence-electron chi connectivity index (χ3n) is 2.29. The van der Waals surface area contributed by atoms with Crippen molar-refractivity contribution in [1.82, 2.24) is 0 Å². The average Bonchev–Trinajstić information content (AvgIpc) is 2.15. The van der Waals surface area contributed by atoms with E-state index in [0.29, 0.717) is 5.57 Å². The second-order valence-electron chi connectivity index (χ2n) is 3.48. The minimum Gasteiger partial charge on any atom is -0.478 e. The van der Waals surface area contributed by atoms with Crippen molar-refractivity contribution in [2.24, 2.45) is 0 Å². The largest absolute Gasteiger partial charge is 0.478 e. The predicted octanol–water partition coefficient (Wildman–Crippen LogP) is 1.73. The summed E-state index contributed by atoms with van der Waals surface area (Å²) in [4.78, 5) is 10.7. The van der Waals surface area contributed by atoms with Crippen LogP contribution in [-0.4, -0.2) is 27.9 Å². The maximum Gasteiger partial charge on any atom is 0.331 e. The van der Waals surface area contributed by atoms with Crippen LogP contribution >= 0.6 is 0 Å². The highest BCUT2D eigenvalue weighted by atomic mass is 28.2. The van der Waals surface area contributed by atoms with Crippen LogP contribution in [0, 0.1) is 0 Å². The summed E-state index contributed by atoms with van der Waals surface area (Å²) >= 11 is 0. The lowest BCUT2D eigenvalue weighted by Gasteiger charge is -2.14. The van der Waals surface area contributed by atoms with Gasteiger partial charge in [0.1, 0.15) is 0 Å². The third kappa shape index (κ3) is 5.19. The minimum absolute atomic E-state index is 0.101. The molecule has 0 aliphatic rings. The first kappa shape index (κ1) is 13.4. The van der Waals surface area contributed by atoms with Gasteiger partial charge in [0.2, 0.25) is 0 Å². The fraction of sp³-hybridized carbons (Fsp3) is 0.700. The first-order valence-electron chi connectivity index (χ1n) is 5.04. The van der Waals surface area contributed by atoms with Crippen molar-refractivity contribution in [2.45, 2.75) is 38.1 Å². The van der Waals surface area contributed by atoms with Crippen LogP contribution in [0.15, 0.2) is 12.2 Å². The van der Waals surface area contributed by atoms with Crippen LogP contribution in [0.1, 0.15) is 32.6 Å². The average molecular weight is 216 g/mol. The molecule has 0 spiro atoms. The zero-order valence-electron chi connectivity index (χ0n) is 9.08. The highest BCUT2D eigenvalue weighted by Crippen LogP contribution is 2.22. The quantitative estimate of drug-likeness (QED) is 0.382. The fourth-order valence-electron chi connectivity index (χ4n) is 1.37. The highest BCUT2D eigenvalue weighted by molar-refractivity contribution is 6.32. The van der Waals surface area contributed by atoms with E-state index < -0.39 is 15.7 Å². The van der Waals surface area contributed by atoms with Gasteiger partial charge >= 0.3 is 5.97 Å². The number of hydrogen-bond donors (Lipinski definition) is 1. The van der Waals surface area contributed by atoms with Crippen molar-refractivity contribution in [3.8, 4) is 0 Å². The fourth-order valence-corrected chi connectivity index (χ4v) is 2.61. The summed E-state index contributed by atoms with van der Waals surface area (Å²) in [6, 6.07) is 0. The third-order valence-corrected chi connectivity index (χ3v) is 3.93. The molecule has 14 heavy (non-hydrogen) atoms. The zero-order valence-corrected chi connectivity index (χ0v) is 10.5. The summed E-state index contributed by atoms with van der Waals surface area (Å²) in [5, 5.41) is 8.80. The van der Waals surface area contributed by atoms with Gasteiger partial charge in [-0.05, 0) is 6.42 Å². The van der Waals surface area contributed by atoms with E-state index in [0.717, 1.165) is 25.7 Å². The van der Waals surface area contributed by atoms with Crippen molar-refractivity contribution in [1.29, 1.82) is 0 Å². The second-order valence-corrected chi connectivity index (χ2v) is 5.37. The van der Waals surface area contributed by atoms with Gasteiger partial charge in [-0.15, -0.1) is 0 Å². The molecule has 0 aliphatic carbocycles. The lowest BCUT2D eigenvalue weighted by Crippen LogP contribution is -2.14. The Balaban J connectivity index is 4.00. The van der Waals surface area contributed by atoms with Crippen molar-refractivity contribution in [3.05, 3.63) is 12.2 Å².